The van der Waals surface area contributed by atoms with E-state index in [1.807, 2.05) is 13.8 Å². The van der Waals surface area contributed by atoms with Crippen molar-refractivity contribution >= 4 is 17.2 Å². The molecule has 3 aromatic rings. The summed E-state index contributed by atoms with van der Waals surface area (Å²) in [7, 11) is 0. The van der Waals surface area contributed by atoms with Crippen LogP contribution >= 0.6 is 0 Å². The number of nitrogens with zero attached hydrogens (tertiary/aromatic N) is 5. The minimum absolute atomic E-state index is 0.344. The van der Waals surface area contributed by atoms with E-state index in [-0.39, 0.29) is 0 Å². The lowest BCUT2D eigenvalue weighted by atomic mass is 9.77. The van der Waals surface area contributed by atoms with Gasteiger partial charge in [-0.1, -0.05) is 54.6 Å². The maximum atomic E-state index is 6.15. The Bertz CT molecular complexity index is 1310. The Labute approximate surface area is 238 Å². The van der Waals surface area contributed by atoms with Gasteiger partial charge in [-0.2, -0.15) is 4.98 Å². The largest absolute Gasteiger partial charge is 0.463 e. The summed E-state index contributed by atoms with van der Waals surface area (Å²) in [6, 6.07) is 19.8. The number of aromatic nitrogens is 2. The Morgan fingerprint density at radius 1 is 0.875 bits per heavy atom. The summed E-state index contributed by atoms with van der Waals surface area (Å²) < 4.78 is 6.15. The first kappa shape index (κ1) is 26.9. The van der Waals surface area contributed by atoms with E-state index >= 15 is 0 Å². The Kier molecular flexibility index (Phi) is 7.85. The second-order valence-corrected chi connectivity index (χ2v) is 12.2. The van der Waals surface area contributed by atoms with Crippen LogP contribution in [-0.4, -0.2) is 63.8 Å². The lowest BCUT2D eigenvalue weighted by Gasteiger charge is -2.36. The van der Waals surface area contributed by atoms with E-state index in [1.54, 1.807) is 0 Å². The van der Waals surface area contributed by atoms with E-state index in [0.717, 1.165) is 23.7 Å². The molecule has 2 aliphatic heterocycles. The zero-order valence-corrected chi connectivity index (χ0v) is 23.9. The van der Waals surface area contributed by atoms with Crippen LogP contribution in [0.15, 0.2) is 65.9 Å². The first-order valence-corrected chi connectivity index (χ1v) is 14.9. The second kappa shape index (κ2) is 11.7. The van der Waals surface area contributed by atoms with E-state index in [4.69, 9.17) is 15.5 Å². The van der Waals surface area contributed by atoms with Gasteiger partial charge in [0.2, 0.25) is 5.88 Å². The number of nitrogens with two attached hydrogens (primary N) is 1. The monoisotopic (exact) mass is 538 g/mol. The molecule has 2 N–H and O–H groups in total. The molecule has 0 radical (unpaired) electrons. The van der Waals surface area contributed by atoms with Crippen molar-refractivity contribution in [3.63, 3.8) is 0 Å². The highest BCUT2D eigenvalue weighted by atomic mass is 16.5. The van der Waals surface area contributed by atoms with Crippen LogP contribution in [0.5, 0.6) is 5.88 Å². The molecule has 3 aliphatic rings. The molecule has 40 heavy (non-hydrogen) atoms. The normalized spacial score (nSPS) is 23.2. The molecule has 6 rings (SSSR count). The molecular weight excluding hydrogens is 496 g/mol. The average molecular weight is 539 g/mol. The highest BCUT2D eigenvalue weighted by Gasteiger charge is 2.35. The lowest BCUT2D eigenvalue weighted by Crippen LogP contribution is -2.46. The quantitative estimate of drug-likeness (QED) is 0.408. The summed E-state index contributed by atoms with van der Waals surface area (Å²) in [5.74, 6) is 2.30. The summed E-state index contributed by atoms with van der Waals surface area (Å²) in [5, 5.41) is 0. The molecule has 210 valence electrons. The first-order valence-electron chi connectivity index (χ1n) is 14.9. The minimum Gasteiger partial charge on any atom is -0.463 e. The number of hydrogen-bond donors (Lipinski definition) is 1. The van der Waals surface area contributed by atoms with Crippen molar-refractivity contribution in [1.82, 2.24) is 19.8 Å². The van der Waals surface area contributed by atoms with Crippen molar-refractivity contribution in [2.24, 2.45) is 10.9 Å². The number of anilines is 1. The number of rotatable bonds is 7. The van der Waals surface area contributed by atoms with Crippen LogP contribution in [-0.2, 0) is 6.54 Å². The number of piperazine rings is 1. The number of ether oxygens (including phenoxy) is 1. The Morgan fingerprint density at radius 3 is 2.30 bits per heavy atom. The van der Waals surface area contributed by atoms with Crippen molar-refractivity contribution < 1.29 is 4.74 Å². The Morgan fingerprint density at radius 2 is 1.57 bits per heavy atom. The molecule has 0 atom stereocenters. The Balaban J connectivity index is 0.977. The van der Waals surface area contributed by atoms with Gasteiger partial charge in [0, 0.05) is 38.3 Å². The minimum atomic E-state index is -0.595. The van der Waals surface area contributed by atoms with E-state index in [2.05, 4.69) is 74.4 Å². The third-order valence-electron chi connectivity index (χ3n) is 9.03. The summed E-state index contributed by atoms with van der Waals surface area (Å²) in [6.07, 6.45) is 8.00. The van der Waals surface area contributed by atoms with Crippen LogP contribution in [0.2, 0.25) is 0 Å². The molecule has 1 saturated heterocycles. The number of aliphatic imine (C=N–C) groups is 1. The predicted octanol–water partition coefficient (Wildman–Crippen LogP) is 5.83. The van der Waals surface area contributed by atoms with E-state index in [9.17, 15) is 0 Å². The summed E-state index contributed by atoms with van der Waals surface area (Å²) >= 11 is 0. The van der Waals surface area contributed by atoms with Gasteiger partial charge in [0.25, 0.3) is 0 Å². The molecule has 7 nitrogen and oxygen atoms in total. The smallest absolute Gasteiger partial charge is 0.246 e. The van der Waals surface area contributed by atoms with E-state index < -0.39 is 5.60 Å². The van der Waals surface area contributed by atoms with Gasteiger partial charge in [-0.25, -0.2) is 9.98 Å². The van der Waals surface area contributed by atoms with Gasteiger partial charge in [0.1, 0.15) is 11.9 Å². The van der Waals surface area contributed by atoms with Crippen molar-refractivity contribution in [3.05, 3.63) is 77.6 Å². The lowest BCUT2D eigenvalue weighted by molar-refractivity contribution is 0.118. The molecule has 2 fully saturated rings. The molecule has 0 spiro atoms. The predicted molar refractivity (Wildman–Crippen MR) is 161 cm³/mol. The average Bonchev–Trinajstić information content (AvgIpc) is 2.97. The second-order valence-electron chi connectivity index (χ2n) is 12.2. The first-order chi connectivity index (χ1) is 19.4. The number of fused-ring (bicyclic) bond motifs is 1. The number of nitrogen functional groups attached to an aromatic ring is 1. The van der Waals surface area contributed by atoms with Crippen molar-refractivity contribution in [3.8, 4) is 5.88 Å². The van der Waals surface area contributed by atoms with Gasteiger partial charge < -0.3 is 15.4 Å². The van der Waals surface area contributed by atoms with Gasteiger partial charge in [0.15, 0.2) is 11.5 Å². The van der Waals surface area contributed by atoms with Gasteiger partial charge >= 0.3 is 0 Å². The summed E-state index contributed by atoms with van der Waals surface area (Å²) in [6.45, 7) is 11.1. The van der Waals surface area contributed by atoms with Crippen molar-refractivity contribution in [1.29, 1.82) is 0 Å². The van der Waals surface area contributed by atoms with Crippen molar-refractivity contribution in [2.45, 2.75) is 64.0 Å². The zero-order valence-electron chi connectivity index (χ0n) is 23.9. The highest BCUT2D eigenvalue weighted by molar-refractivity contribution is 6.09. The zero-order chi connectivity index (χ0) is 27.5. The van der Waals surface area contributed by atoms with Gasteiger partial charge in [0.05, 0.1) is 5.71 Å². The molecule has 0 bridgehead atoms. The molecule has 1 aliphatic carbocycles. The molecule has 1 saturated carbocycles. The van der Waals surface area contributed by atoms with Crippen LogP contribution in [0.25, 0.3) is 0 Å². The molecule has 0 unspecified atom stereocenters. The van der Waals surface area contributed by atoms with Gasteiger partial charge in [-0.05, 0) is 75.5 Å². The van der Waals surface area contributed by atoms with E-state index in [0.29, 0.717) is 23.3 Å². The maximum Gasteiger partial charge on any atom is 0.246 e. The topological polar surface area (TPSA) is 79.9 Å². The SMILES string of the molecule is CC1(C)Oc2ncnc(N)c2N=C1c1ccc([C@H]2CC[C@H](CCN3CCN(Cc4ccccc4)CC3)CC2)cc1. The number of hydrogen-bond acceptors (Lipinski definition) is 7. The highest BCUT2D eigenvalue weighted by Crippen LogP contribution is 2.40. The molecule has 3 heterocycles. The van der Waals surface area contributed by atoms with Crippen LogP contribution in [0.4, 0.5) is 11.5 Å². The molecule has 1 aromatic heterocycles. The fraction of sp³-hybridized carbons (Fsp3) is 0.485. The fourth-order valence-electron chi connectivity index (χ4n) is 6.58. The summed E-state index contributed by atoms with van der Waals surface area (Å²) in [5.41, 5.74) is 10.8. The Hall–Kier alpha value is -3.29. The third kappa shape index (κ3) is 6.06. The van der Waals surface area contributed by atoms with Crippen molar-refractivity contribution in [2.75, 3.05) is 38.5 Å². The van der Waals surface area contributed by atoms with Gasteiger partial charge in [-0.15, -0.1) is 0 Å². The molecule has 0 amide bonds. The van der Waals surface area contributed by atoms with Gasteiger partial charge in [-0.3, -0.25) is 4.90 Å². The molecular formula is C33H42N6O. The number of benzene rings is 2. The summed E-state index contributed by atoms with van der Waals surface area (Å²) in [4.78, 5) is 18.4. The van der Waals surface area contributed by atoms with Crippen LogP contribution in [0.1, 0.15) is 68.6 Å². The van der Waals surface area contributed by atoms with Crippen LogP contribution < -0.4 is 10.5 Å². The maximum absolute atomic E-state index is 6.15. The van der Waals surface area contributed by atoms with Crippen LogP contribution in [0.3, 0.4) is 0 Å². The fourth-order valence-corrected chi connectivity index (χ4v) is 6.58. The third-order valence-corrected chi connectivity index (χ3v) is 9.03. The van der Waals surface area contributed by atoms with Crippen LogP contribution in [0, 0.1) is 5.92 Å². The van der Waals surface area contributed by atoms with E-state index in [1.165, 1.54) is 82.3 Å². The molecule has 2 aromatic carbocycles. The molecule has 7 heteroatoms. The standard InChI is InChI=1S/C33H42N6O/c1-33(2)30(37-29-31(34)35-23-36-32(29)40-33)28-14-12-27(13-15-28)26-10-8-24(9-11-26)16-17-38-18-20-39(21-19-38)22-25-6-4-3-5-7-25/h3-7,12-15,23-24,26H,8-11,16-22H2,1-2H3,(H2,34,35,36)/t24-,26-.